The van der Waals surface area contributed by atoms with Gasteiger partial charge in [-0.15, -0.1) is 0 Å². The van der Waals surface area contributed by atoms with E-state index in [2.05, 4.69) is 118 Å². The van der Waals surface area contributed by atoms with E-state index < -0.39 is 6.10 Å². The molecule has 0 saturated carbocycles. The third-order valence-corrected chi connectivity index (χ3v) is 13.4. The molecule has 1 atom stereocenters. The van der Waals surface area contributed by atoms with E-state index in [0.29, 0.717) is 19.3 Å². The van der Waals surface area contributed by atoms with Crippen LogP contribution in [0.15, 0.2) is 97.2 Å². The number of allylic oxidation sites excluding steroid dienone is 16. The third-order valence-electron chi connectivity index (χ3n) is 13.4. The van der Waals surface area contributed by atoms with E-state index in [4.69, 9.17) is 14.2 Å². The molecule has 0 aromatic heterocycles. The van der Waals surface area contributed by atoms with Crippen molar-refractivity contribution >= 4 is 17.9 Å². The van der Waals surface area contributed by atoms with Gasteiger partial charge in [-0.3, -0.25) is 14.4 Å². The average molecular weight is 1030 g/mol. The van der Waals surface area contributed by atoms with Gasteiger partial charge in [-0.25, -0.2) is 0 Å². The summed E-state index contributed by atoms with van der Waals surface area (Å²) in [7, 11) is 0. The minimum atomic E-state index is -0.791. The van der Waals surface area contributed by atoms with E-state index in [1.807, 2.05) is 0 Å². The number of carbonyl (C=O) groups is 3. The number of esters is 3. The van der Waals surface area contributed by atoms with Crippen LogP contribution in [0.1, 0.15) is 297 Å². The Bertz CT molecular complexity index is 1460. The molecular formula is C68H116O6. The third kappa shape index (κ3) is 59.2. The molecule has 424 valence electrons. The molecule has 0 fully saturated rings. The minimum absolute atomic E-state index is 0.0904. The van der Waals surface area contributed by atoms with Crippen molar-refractivity contribution in [2.75, 3.05) is 13.2 Å². The van der Waals surface area contributed by atoms with Gasteiger partial charge in [-0.1, -0.05) is 291 Å². The van der Waals surface area contributed by atoms with E-state index in [1.165, 1.54) is 141 Å². The molecular weight excluding hydrogens is 913 g/mol. The smallest absolute Gasteiger partial charge is 0.306 e. The van der Waals surface area contributed by atoms with Crippen molar-refractivity contribution in [3.05, 3.63) is 97.2 Å². The lowest BCUT2D eigenvalue weighted by molar-refractivity contribution is -0.167. The molecule has 6 heteroatoms. The van der Waals surface area contributed by atoms with Crippen molar-refractivity contribution in [2.45, 2.75) is 303 Å². The molecule has 0 aliphatic carbocycles. The second-order valence-corrected chi connectivity index (χ2v) is 20.6. The summed E-state index contributed by atoms with van der Waals surface area (Å²) >= 11 is 0. The number of carbonyl (C=O) groups excluding carboxylic acids is 3. The fourth-order valence-corrected chi connectivity index (χ4v) is 8.69. The molecule has 6 nitrogen and oxygen atoms in total. The van der Waals surface area contributed by atoms with Gasteiger partial charge in [-0.05, 0) is 83.5 Å². The standard InChI is InChI=1S/C68H116O6/c1-4-7-10-13-15-17-19-21-23-25-27-29-31-33-34-35-37-38-40-42-44-46-48-50-52-55-58-61-67(70)73-64-65(63-72-66(69)60-57-54-12-9-6-3)74-68(71)62-59-56-53-51-49-47-45-43-41-39-36-32-30-28-26-24-22-20-18-16-14-11-8-5-2/h7,10,15,17,21,23,27,29,33-34,37-38,42,44,48,50,65H,4-6,8-9,11-14,16,18-20,22,24-26,28,30-32,35-36,39-41,43,45-47,49,51-64H2,1-3H3/b10-7-,17-15-,23-21-,29-27-,34-33-,38-37-,44-42-,50-48-. The zero-order valence-electron chi connectivity index (χ0n) is 48.6. The first-order valence-electron chi connectivity index (χ1n) is 31.2. The SMILES string of the molecule is CC/C=C\C/C=C\C/C=C\C/C=C\C/C=C\C/C=C\C/C=C\C/C=C\CCCCC(=O)OCC(COC(=O)CCCCCCC)OC(=O)CCCCCCCCCCCCCCCCCCCCCCCCCC. The Labute approximate surface area is 457 Å². The summed E-state index contributed by atoms with van der Waals surface area (Å²) in [6.45, 7) is 6.43. The Kier molecular flexibility index (Phi) is 58.8. The van der Waals surface area contributed by atoms with Crippen molar-refractivity contribution in [1.29, 1.82) is 0 Å². The van der Waals surface area contributed by atoms with Crippen LogP contribution in [0.3, 0.4) is 0 Å². The van der Waals surface area contributed by atoms with E-state index >= 15 is 0 Å². The van der Waals surface area contributed by atoms with Crippen LogP contribution >= 0.6 is 0 Å². The maximum atomic E-state index is 12.8. The zero-order valence-corrected chi connectivity index (χ0v) is 48.6. The molecule has 74 heavy (non-hydrogen) atoms. The van der Waals surface area contributed by atoms with Crippen molar-refractivity contribution in [3.63, 3.8) is 0 Å². The summed E-state index contributed by atoms with van der Waals surface area (Å²) in [6.07, 6.45) is 83.2. The van der Waals surface area contributed by atoms with E-state index in [0.717, 1.165) is 116 Å². The molecule has 0 aliphatic rings. The first-order valence-corrected chi connectivity index (χ1v) is 31.2. The van der Waals surface area contributed by atoms with Gasteiger partial charge in [-0.2, -0.15) is 0 Å². The van der Waals surface area contributed by atoms with Crippen LogP contribution < -0.4 is 0 Å². The van der Waals surface area contributed by atoms with Crippen molar-refractivity contribution in [3.8, 4) is 0 Å². The largest absolute Gasteiger partial charge is 0.462 e. The second kappa shape index (κ2) is 61.9. The van der Waals surface area contributed by atoms with Crippen LogP contribution in [0.25, 0.3) is 0 Å². The van der Waals surface area contributed by atoms with Crippen molar-refractivity contribution < 1.29 is 28.6 Å². The summed E-state index contributed by atoms with van der Waals surface area (Å²) < 4.78 is 16.7. The molecule has 0 aromatic rings. The molecule has 0 aliphatic heterocycles. The molecule has 0 aromatic carbocycles. The highest BCUT2D eigenvalue weighted by molar-refractivity contribution is 5.71. The monoisotopic (exact) mass is 1030 g/mol. The fourth-order valence-electron chi connectivity index (χ4n) is 8.69. The normalized spacial score (nSPS) is 12.7. The van der Waals surface area contributed by atoms with Crippen molar-refractivity contribution in [1.82, 2.24) is 0 Å². The summed E-state index contributed by atoms with van der Waals surface area (Å²) in [4.78, 5) is 37.9. The quantitative estimate of drug-likeness (QED) is 0.0261. The molecule has 0 N–H and O–H groups in total. The Morgan fingerprint density at radius 2 is 0.527 bits per heavy atom. The predicted octanol–water partition coefficient (Wildman–Crippen LogP) is 21.3. The Morgan fingerprint density at radius 1 is 0.284 bits per heavy atom. The van der Waals surface area contributed by atoms with Gasteiger partial charge in [0.05, 0.1) is 0 Å². The number of hydrogen-bond donors (Lipinski definition) is 0. The van der Waals surface area contributed by atoms with Crippen LogP contribution in [-0.2, 0) is 28.6 Å². The first-order chi connectivity index (χ1) is 36.5. The molecule has 1 unspecified atom stereocenters. The van der Waals surface area contributed by atoms with Gasteiger partial charge in [0.25, 0.3) is 0 Å². The van der Waals surface area contributed by atoms with Crippen LogP contribution in [0.5, 0.6) is 0 Å². The number of rotatable bonds is 56. The lowest BCUT2D eigenvalue weighted by Crippen LogP contribution is -2.30. The zero-order chi connectivity index (χ0) is 53.6. The average Bonchev–Trinajstić information content (AvgIpc) is 3.40. The number of hydrogen-bond acceptors (Lipinski definition) is 6. The highest BCUT2D eigenvalue weighted by Crippen LogP contribution is 2.17. The Morgan fingerprint density at radius 3 is 0.824 bits per heavy atom. The van der Waals surface area contributed by atoms with Crippen LogP contribution in [0.2, 0.25) is 0 Å². The van der Waals surface area contributed by atoms with Crippen LogP contribution in [0, 0.1) is 0 Å². The molecule has 0 radical (unpaired) electrons. The lowest BCUT2D eigenvalue weighted by atomic mass is 10.0. The molecule has 0 heterocycles. The molecule has 0 bridgehead atoms. The van der Waals surface area contributed by atoms with Gasteiger partial charge in [0.2, 0.25) is 0 Å². The Balaban J connectivity index is 4.14. The van der Waals surface area contributed by atoms with Gasteiger partial charge in [0.1, 0.15) is 13.2 Å². The van der Waals surface area contributed by atoms with E-state index in [-0.39, 0.29) is 31.1 Å². The number of unbranched alkanes of at least 4 members (excludes halogenated alkanes) is 29. The van der Waals surface area contributed by atoms with Gasteiger partial charge >= 0.3 is 17.9 Å². The topological polar surface area (TPSA) is 78.9 Å². The highest BCUT2D eigenvalue weighted by Gasteiger charge is 2.19. The second-order valence-electron chi connectivity index (χ2n) is 20.6. The summed E-state index contributed by atoms with van der Waals surface area (Å²) in [5, 5.41) is 0. The minimum Gasteiger partial charge on any atom is -0.462 e. The van der Waals surface area contributed by atoms with Gasteiger partial charge in [0.15, 0.2) is 6.10 Å². The van der Waals surface area contributed by atoms with E-state index in [9.17, 15) is 14.4 Å². The maximum absolute atomic E-state index is 12.8. The molecule has 0 rings (SSSR count). The molecule has 0 spiro atoms. The molecule has 0 saturated heterocycles. The summed E-state index contributed by atoms with van der Waals surface area (Å²) in [6, 6.07) is 0. The van der Waals surface area contributed by atoms with Gasteiger partial charge in [0, 0.05) is 19.3 Å². The maximum Gasteiger partial charge on any atom is 0.306 e. The summed E-state index contributed by atoms with van der Waals surface area (Å²) in [5.41, 5.74) is 0. The Hall–Kier alpha value is -3.67. The fraction of sp³-hybridized carbons (Fsp3) is 0.721. The molecule has 0 amide bonds. The number of ether oxygens (including phenoxy) is 3. The predicted molar refractivity (Wildman–Crippen MR) is 320 cm³/mol. The van der Waals surface area contributed by atoms with Crippen LogP contribution in [-0.4, -0.2) is 37.2 Å². The summed E-state index contributed by atoms with van der Waals surface area (Å²) in [5.74, 6) is -0.942. The van der Waals surface area contributed by atoms with Crippen molar-refractivity contribution in [2.24, 2.45) is 0 Å². The highest BCUT2D eigenvalue weighted by atomic mass is 16.6. The first kappa shape index (κ1) is 70.3. The van der Waals surface area contributed by atoms with Gasteiger partial charge < -0.3 is 14.2 Å². The lowest BCUT2D eigenvalue weighted by Gasteiger charge is -2.18. The van der Waals surface area contributed by atoms with Crippen LogP contribution in [0.4, 0.5) is 0 Å². The van der Waals surface area contributed by atoms with E-state index in [1.54, 1.807) is 0 Å².